The number of nitrogens with one attached hydrogen (secondary N) is 1. The molecule has 3 rings (SSSR count). The van der Waals surface area contributed by atoms with E-state index in [1.807, 2.05) is 30.3 Å². The van der Waals surface area contributed by atoms with Crippen LogP contribution in [0, 0.1) is 0 Å². The molecule has 5 heteroatoms. The quantitative estimate of drug-likeness (QED) is 0.777. The van der Waals surface area contributed by atoms with E-state index in [4.69, 9.17) is 9.47 Å². The van der Waals surface area contributed by atoms with Gasteiger partial charge in [-0.25, -0.2) is 0 Å². The van der Waals surface area contributed by atoms with Gasteiger partial charge in [0.15, 0.2) is 11.5 Å². The minimum Gasteiger partial charge on any atom is -0.493 e. The predicted molar refractivity (Wildman–Crippen MR) is 106 cm³/mol. The lowest BCUT2D eigenvalue weighted by Crippen LogP contribution is -2.44. The topological polar surface area (TPSA) is 50.8 Å². The number of methoxy groups -OCH3 is 1. The summed E-state index contributed by atoms with van der Waals surface area (Å²) in [5.74, 6) is 1.40. The van der Waals surface area contributed by atoms with Crippen LogP contribution in [0.25, 0.3) is 0 Å². The van der Waals surface area contributed by atoms with E-state index in [9.17, 15) is 4.79 Å². The standard InChI is InChI=1S/C22H28N2O3/c1-26-20-9-5-6-10-21(20)27-16-13-22(25)23-19-11-14-24(15-12-19)17-18-7-3-2-4-8-18/h2-10,19H,11-17H2,1H3,(H,23,25). The maximum atomic E-state index is 12.2. The number of amides is 1. The largest absolute Gasteiger partial charge is 0.493 e. The van der Waals surface area contributed by atoms with Crippen molar-refractivity contribution in [3.05, 3.63) is 60.2 Å². The fraction of sp³-hybridized carbons (Fsp3) is 0.409. The number of carbonyl (C=O) groups excluding carboxylic acids is 1. The van der Waals surface area contributed by atoms with E-state index >= 15 is 0 Å². The Morgan fingerprint density at radius 3 is 2.41 bits per heavy atom. The highest BCUT2D eigenvalue weighted by Gasteiger charge is 2.20. The first-order valence-electron chi connectivity index (χ1n) is 9.56. The molecule has 2 aromatic rings. The predicted octanol–water partition coefficient (Wildman–Crippen LogP) is 3.24. The highest BCUT2D eigenvalue weighted by molar-refractivity contribution is 5.76. The van der Waals surface area contributed by atoms with Crippen molar-refractivity contribution in [3.8, 4) is 11.5 Å². The van der Waals surface area contributed by atoms with E-state index in [-0.39, 0.29) is 11.9 Å². The van der Waals surface area contributed by atoms with Gasteiger partial charge in [-0.3, -0.25) is 9.69 Å². The van der Waals surface area contributed by atoms with Crippen molar-refractivity contribution >= 4 is 5.91 Å². The van der Waals surface area contributed by atoms with Crippen LogP contribution in [0.4, 0.5) is 0 Å². The normalized spacial score (nSPS) is 15.3. The summed E-state index contributed by atoms with van der Waals surface area (Å²) in [6.07, 6.45) is 2.33. The van der Waals surface area contributed by atoms with Crippen LogP contribution in [0.1, 0.15) is 24.8 Å². The lowest BCUT2D eigenvalue weighted by atomic mass is 10.0. The number of benzene rings is 2. The highest BCUT2D eigenvalue weighted by Crippen LogP contribution is 2.25. The average Bonchev–Trinajstić information content (AvgIpc) is 2.71. The molecule has 144 valence electrons. The van der Waals surface area contributed by atoms with Crippen molar-refractivity contribution in [2.24, 2.45) is 0 Å². The SMILES string of the molecule is COc1ccccc1OCCC(=O)NC1CCN(Cc2ccccc2)CC1. The Kier molecular flexibility index (Phi) is 7.11. The number of hydrogen-bond donors (Lipinski definition) is 1. The van der Waals surface area contributed by atoms with Gasteiger partial charge in [-0.2, -0.15) is 0 Å². The van der Waals surface area contributed by atoms with Crippen molar-refractivity contribution < 1.29 is 14.3 Å². The Labute approximate surface area is 161 Å². The molecule has 1 aliphatic heterocycles. The molecule has 27 heavy (non-hydrogen) atoms. The molecular formula is C22H28N2O3. The van der Waals surface area contributed by atoms with Gasteiger partial charge in [-0.1, -0.05) is 42.5 Å². The third-order valence-corrected chi connectivity index (χ3v) is 4.86. The van der Waals surface area contributed by atoms with Crippen molar-refractivity contribution in [1.29, 1.82) is 0 Å². The van der Waals surface area contributed by atoms with Gasteiger partial charge in [0.25, 0.3) is 0 Å². The molecule has 0 radical (unpaired) electrons. The molecule has 0 aliphatic carbocycles. The smallest absolute Gasteiger partial charge is 0.223 e. The first-order chi connectivity index (χ1) is 13.2. The van der Waals surface area contributed by atoms with Crippen LogP contribution < -0.4 is 14.8 Å². The fourth-order valence-corrected chi connectivity index (χ4v) is 3.37. The minimum atomic E-state index is 0.0476. The number of hydrogen-bond acceptors (Lipinski definition) is 4. The Bertz CT molecular complexity index is 713. The summed E-state index contributed by atoms with van der Waals surface area (Å²) in [4.78, 5) is 14.6. The summed E-state index contributed by atoms with van der Waals surface area (Å²) in [5.41, 5.74) is 1.34. The van der Waals surface area contributed by atoms with Crippen LogP contribution in [0.15, 0.2) is 54.6 Å². The molecule has 0 spiro atoms. The summed E-state index contributed by atoms with van der Waals surface area (Å²) in [6.45, 7) is 3.35. The zero-order chi connectivity index (χ0) is 18.9. The fourth-order valence-electron chi connectivity index (χ4n) is 3.37. The molecule has 0 saturated carbocycles. The van der Waals surface area contributed by atoms with Crippen molar-refractivity contribution in [2.75, 3.05) is 26.8 Å². The first-order valence-corrected chi connectivity index (χ1v) is 9.56. The number of ether oxygens (including phenoxy) is 2. The molecule has 2 aromatic carbocycles. The molecule has 0 unspecified atom stereocenters. The molecule has 0 atom stereocenters. The number of likely N-dealkylation sites (tertiary alicyclic amines) is 1. The van der Waals surface area contributed by atoms with Crippen molar-refractivity contribution in [2.45, 2.75) is 31.8 Å². The van der Waals surface area contributed by atoms with E-state index in [1.54, 1.807) is 7.11 Å². The van der Waals surface area contributed by atoms with Gasteiger partial charge in [0.2, 0.25) is 5.91 Å². The van der Waals surface area contributed by atoms with Gasteiger partial charge in [0, 0.05) is 25.7 Å². The molecule has 5 nitrogen and oxygen atoms in total. The van der Waals surface area contributed by atoms with Crippen LogP contribution in [-0.2, 0) is 11.3 Å². The number of carbonyl (C=O) groups is 1. The van der Waals surface area contributed by atoms with Gasteiger partial charge < -0.3 is 14.8 Å². The lowest BCUT2D eigenvalue weighted by Gasteiger charge is -2.32. The summed E-state index contributed by atoms with van der Waals surface area (Å²) in [5, 5.41) is 3.14. The molecule has 0 bridgehead atoms. The van der Waals surface area contributed by atoms with Crippen LogP contribution in [0.5, 0.6) is 11.5 Å². The van der Waals surface area contributed by atoms with E-state index < -0.39 is 0 Å². The van der Waals surface area contributed by atoms with E-state index in [0.717, 1.165) is 32.5 Å². The molecular weight excluding hydrogens is 340 g/mol. The average molecular weight is 368 g/mol. The molecule has 1 fully saturated rings. The van der Waals surface area contributed by atoms with Crippen LogP contribution >= 0.6 is 0 Å². The Balaban J connectivity index is 1.34. The number of rotatable bonds is 8. The molecule has 1 aliphatic rings. The van der Waals surface area contributed by atoms with Gasteiger partial charge >= 0.3 is 0 Å². The lowest BCUT2D eigenvalue weighted by molar-refractivity contribution is -0.122. The second-order valence-electron chi connectivity index (χ2n) is 6.85. The number of piperidine rings is 1. The third kappa shape index (κ3) is 6.00. The van der Waals surface area contributed by atoms with Crippen molar-refractivity contribution in [1.82, 2.24) is 10.2 Å². The summed E-state index contributed by atoms with van der Waals surface area (Å²) in [6, 6.07) is 18.3. The first kappa shape index (κ1) is 19.2. The highest BCUT2D eigenvalue weighted by atomic mass is 16.5. The number of para-hydroxylation sites is 2. The Morgan fingerprint density at radius 2 is 1.70 bits per heavy atom. The minimum absolute atomic E-state index is 0.0476. The van der Waals surface area contributed by atoms with Gasteiger partial charge in [0.1, 0.15) is 0 Å². The summed E-state index contributed by atoms with van der Waals surface area (Å²) < 4.78 is 10.9. The Morgan fingerprint density at radius 1 is 1.04 bits per heavy atom. The van der Waals surface area contributed by atoms with Crippen LogP contribution in [-0.4, -0.2) is 43.7 Å². The monoisotopic (exact) mass is 368 g/mol. The van der Waals surface area contributed by atoms with Crippen LogP contribution in [0.3, 0.4) is 0 Å². The van der Waals surface area contributed by atoms with Gasteiger partial charge in [-0.15, -0.1) is 0 Å². The van der Waals surface area contributed by atoms with Gasteiger partial charge in [0.05, 0.1) is 20.1 Å². The summed E-state index contributed by atoms with van der Waals surface area (Å²) >= 11 is 0. The molecule has 1 N–H and O–H groups in total. The maximum Gasteiger partial charge on any atom is 0.223 e. The molecule has 1 heterocycles. The molecule has 1 saturated heterocycles. The van der Waals surface area contributed by atoms with Gasteiger partial charge in [-0.05, 0) is 30.5 Å². The van der Waals surface area contributed by atoms with E-state index in [0.29, 0.717) is 24.5 Å². The maximum absolute atomic E-state index is 12.2. The van der Waals surface area contributed by atoms with E-state index in [2.05, 4.69) is 34.5 Å². The van der Waals surface area contributed by atoms with E-state index in [1.165, 1.54) is 5.56 Å². The third-order valence-electron chi connectivity index (χ3n) is 4.86. The number of nitrogens with zero attached hydrogens (tertiary/aromatic N) is 1. The summed E-state index contributed by atoms with van der Waals surface area (Å²) in [7, 11) is 1.61. The zero-order valence-corrected chi connectivity index (χ0v) is 15.9. The second kappa shape index (κ2) is 9.97. The van der Waals surface area contributed by atoms with Crippen LogP contribution in [0.2, 0.25) is 0 Å². The molecule has 1 amide bonds. The Hall–Kier alpha value is -2.53. The zero-order valence-electron chi connectivity index (χ0n) is 15.9. The van der Waals surface area contributed by atoms with Crippen molar-refractivity contribution in [3.63, 3.8) is 0 Å². The second-order valence-corrected chi connectivity index (χ2v) is 6.85. The molecule has 0 aromatic heterocycles.